The molecule has 1 unspecified atom stereocenters. The van der Waals surface area contributed by atoms with Gasteiger partial charge in [0.1, 0.15) is 11.2 Å². The Morgan fingerprint density at radius 2 is 1.30 bits per heavy atom. The summed E-state index contributed by atoms with van der Waals surface area (Å²) in [6, 6.07) is 41.3. The van der Waals surface area contributed by atoms with Gasteiger partial charge >= 0.3 is 0 Å². The van der Waals surface area contributed by atoms with E-state index in [1.165, 1.54) is 31.2 Å². The van der Waals surface area contributed by atoms with Crippen LogP contribution in [0.15, 0.2) is 120 Å². The van der Waals surface area contributed by atoms with E-state index in [2.05, 4.69) is 75.4 Å². The van der Waals surface area contributed by atoms with Crippen LogP contribution in [0, 0.1) is 23.2 Å². The van der Waals surface area contributed by atoms with Crippen molar-refractivity contribution < 1.29 is 4.42 Å². The Hall–Kier alpha value is -5.60. The lowest BCUT2D eigenvalue weighted by molar-refractivity contribution is 0.295. The molecule has 246 valence electrons. The maximum atomic E-state index is 9.67. The molecule has 0 aliphatic heterocycles. The predicted octanol–water partition coefficient (Wildman–Crippen LogP) is 11.8. The first-order valence-electron chi connectivity index (χ1n) is 17.8. The van der Waals surface area contributed by atoms with Crippen LogP contribution in [-0.4, -0.2) is 15.0 Å². The molecule has 0 spiro atoms. The van der Waals surface area contributed by atoms with Crippen LogP contribution >= 0.6 is 0 Å². The van der Waals surface area contributed by atoms with Gasteiger partial charge in [0.2, 0.25) is 0 Å². The molecular weight excluding hydrogens is 613 g/mol. The van der Waals surface area contributed by atoms with Crippen LogP contribution in [0.5, 0.6) is 0 Å². The van der Waals surface area contributed by atoms with Crippen molar-refractivity contribution in [2.75, 3.05) is 0 Å². The predicted molar refractivity (Wildman–Crippen MR) is 202 cm³/mol. The third-order valence-corrected chi connectivity index (χ3v) is 10.8. The fraction of sp³-hybridized carbons (Fsp3) is 0.244. The standard InChI is InChI=1S/C45H40N4O/c1-4-45(26-29(2)19-20-30(3)27-45)36-21-22-37-40(25-36)50-39-18-10-17-38(41(37)39)44-48-42(34-15-8-11-31(23-34)28-46)47-43(49-44)35-16-9-14-33(24-35)32-12-6-5-7-13-32/h5-18,21-25,29-30H,4,19-20,26-27H2,1-3H3/t29-,30+,45?. The normalized spacial score (nSPS) is 19.3. The van der Waals surface area contributed by atoms with Crippen LogP contribution in [0.4, 0.5) is 0 Å². The van der Waals surface area contributed by atoms with Crippen LogP contribution in [0.3, 0.4) is 0 Å². The van der Waals surface area contributed by atoms with Crippen molar-refractivity contribution in [3.8, 4) is 51.4 Å². The third-order valence-electron chi connectivity index (χ3n) is 10.8. The second kappa shape index (κ2) is 13.0. The quantitative estimate of drug-likeness (QED) is 0.167. The summed E-state index contributed by atoms with van der Waals surface area (Å²) in [5, 5.41) is 11.7. The molecule has 0 radical (unpaired) electrons. The highest BCUT2D eigenvalue weighted by Crippen LogP contribution is 2.47. The number of hydrogen-bond donors (Lipinski definition) is 0. The van der Waals surface area contributed by atoms with Crippen LogP contribution in [0.1, 0.15) is 64.0 Å². The van der Waals surface area contributed by atoms with Crippen molar-refractivity contribution in [1.29, 1.82) is 5.26 Å². The van der Waals surface area contributed by atoms with Crippen molar-refractivity contribution in [3.63, 3.8) is 0 Å². The van der Waals surface area contributed by atoms with Gasteiger partial charge in [-0.3, -0.25) is 0 Å². The summed E-state index contributed by atoms with van der Waals surface area (Å²) in [5.74, 6) is 3.05. The van der Waals surface area contributed by atoms with Gasteiger partial charge in [0, 0.05) is 27.5 Å². The van der Waals surface area contributed by atoms with Gasteiger partial charge in [-0.1, -0.05) is 119 Å². The largest absolute Gasteiger partial charge is 0.456 e. The Labute approximate surface area is 293 Å². The van der Waals surface area contributed by atoms with E-state index >= 15 is 0 Å². The van der Waals surface area contributed by atoms with Crippen molar-refractivity contribution in [1.82, 2.24) is 15.0 Å². The summed E-state index contributed by atoms with van der Waals surface area (Å²) in [5.41, 5.74) is 8.53. The van der Waals surface area contributed by atoms with Crippen molar-refractivity contribution >= 4 is 21.9 Å². The molecule has 3 atom stereocenters. The third kappa shape index (κ3) is 5.86. The number of aromatic nitrogens is 3. The lowest BCUT2D eigenvalue weighted by Crippen LogP contribution is -2.28. The summed E-state index contributed by atoms with van der Waals surface area (Å²) in [4.78, 5) is 15.2. The Morgan fingerprint density at radius 1 is 0.660 bits per heavy atom. The highest BCUT2D eigenvalue weighted by molar-refractivity contribution is 6.12. The highest BCUT2D eigenvalue weighted by Gasteiger charge is 2.36. The first-order valence-corrected chi connectivity index (χ1v) is 17.8. The number of nitrogens with zero attached hydrogens (tertiary/aromatic N) is 4. The smallest absolute Gasteiger partial charge is 0.164 e. The fourth-order valence-corrected chi connectivity index (χ4v) is 8.21. The van der Waals surface area contributed by atoms with E-state index in [1.807, 2.05) is 60.7 Å². The summed E-state index contributed by atoms with van der Waals surface area (Å²) in [6.07, 6.45) is 6.13. The van der Waals surface area contributed by atoms with Crippen LogP contribution in [0.25, 0.3) is 67.2 Å². The number of benzene rings is 5. The molecule has 1 saturated carbocycles. The monoisotopic (exact) mass is 652 g/mol. The Kier molecular flexibility index (Phi) is 8.25. The van der Waals surface area contributed by atoms with E-state index in [0.717, 1.165) is 56.2 Å². The molecule has 7 aromatic rings. The van der Waals surface area contributed by atoms with Gasteiger partial charge in [-0.25, -0.2) is 15.0 Å². The first kappa shape index (κ1) is 31.7. The van der Waals surface area contributed by atoms with E-state index in [4.69, 9.17) is 19.4 Å². The van der Waals surface area contributed by atoms with Crippen molar-refractivity contribution in [2.24, 2.45) is 11.8 Å². The number of rotatable bonds is 6. The molecule has 1 fully saturated rings. The maximum absolute atomic E-state index is 9.67. The fourth-order valence-electron chi connectivity index (χ4n) is 8.21. The van der Waals surface area contributed by atoms with Gasteiger partial charge in [-0.2, -0.15) is 5.26 Å². The van der Waals surface area contributed by atoms with Crippen LogP contribution in [-0.2, 0) is 5.41 Å². The van der Waals surface area contributed by atoms with E-state index < -0.39 is 0 Å². The molecule has 5 nitrogen and oxygen atoms in total. The maximum Gasteiger partial charge on any atom is 0.164 e. The molecule has 5 heteroatoms. The van der Waals surface area contributed by atoms with Crippen molar-refractivity contribution in [2.45, 2.75) is 58.3 Å². The minimum atomic E-state index is 0.148. The highest BCUT2D eigenvalue weighted by atomic mass is 16.3. The molecule has 5 aromatic carbocycles. The molecule has 2 aromatic heterocycles. The second-order valence-corrected chi connectivity index (χ2v) is 14.3. The molecule has 0 amide bonds. The molecule has 1 aliphatic carbocycles. The summed E-state index contributed by atoms with van der Waals surface area (Å²) in [7, 11) is 0. The minimum absolute atomic E-state index is 0.148. The van der Waals surface area contributed by atoms with E-state index in [1.54, 1.807) is 6.07 Å². The molecule has 0 bridgehead atoms. The molecule has 1 aliphatic rings. The van der Waals surface area contributed by atoms with Crippen molar-refractivity contribution in [3.05, 3.63) is 126 Å². The Balaban J connectivity index is 1.30. The zero-order valence-electron chi connectivity index (χ0n) is 28.9. The van der Waals surface area contributed by atoms with Gasteiger partial charge < -0.3 is 4.42 Å². The van der Waals surface area contributed by atoms with E-state index in [0.29, 0.717) is 34.9 Å². The summed E-state index contributed by atoms with van der Waals surface area (Å²) < 4.78 is 6.64. The van der Waals surface area contributed by atoms with E-state index in [-0.39, 0.29) is 5.41 Å². The molecule has 0 saturated heterocycles. The van der Waals surface area contributed by atoms with Crippen LogP contribution in [0.2, 0.25) is 0 Å². The topological polar surface area (TPSA) is 75.6 Å². The molecule has 2 heterocycles. The van der Waals surface area contributed by atoms with Gasteiger partial charge in [0.15, 0.2) is 17.5 Å². The molecule has 8 rings (SSSR count). The summed E-state index contributed by atoms with van der Waals surface area (Å²) in [6.45, 7) is 7.18. The molecule has 0 N–H and O–H groups in total. The Morgan fingerprint density at radius 3 is 2.02 bits per heavy atom. The molecule has 50 heavy (non-hydrogen) atoms. The zero-order chi connectivity index (χ0) is 34.2. The van der Waals surface area contributed by atoms with Gasteiger partial charge in [-0.05, 0) is 83.5 Å². The summed E-state index contributed by atoms with van der Waals surface area (Å²) >= 11 is 0. The zero-order valence-corrected chi connectivity index (χ0v) is 28.9. The number of hydrogen-bond acceptors (Lipinski definition) is 5. The number of nitriles is 1. The molecular formula is C45H40N4O. The average Bonchev–Trinajstić information content (AvgIpc) is 3.47. The van der Waals surface area contributed by atoms with Gasteiger partial charge in [0.25, 0.3) is 0 Å². The van der Waals surface area contributed by atoms with Crippen LogP contribution < -0.4 is 0 Å². The van der Waals surface area contributed by atoms with Gasteiger partial charge in [-0.15, -0.1) is 0 Å². The minimum Gasteiger partial charge on any atom is -0.456 e. The van der Waals surface area contributed by atoms with Gasteiger partial charge in [0.05, 0.1) is 11.6 Å². The Bertz CT molecular complexity index is 2370. The number of fused-ring (bicyclic) bond motifs is 3. The van der Waals surface area contributed by atoms with E-state index in [9.17, 15) is 5.26 Å². The average molecular weight is 653 g/mol. The number of furan rings is 1. The lowest BCUT2D eigenvalue weighted by Gasteiger charge is -2.35. The SMILES string of the molecule is CCC1(c2ccc3c(c2)oc2cccc(-c4nc(-c5cccc(C#N)c5)nc(-c5cccc(-c6ccccc6)c5)n4)c23)C[C@H](C)CC[C@H](C)C1. The lowest BCUT2D eigenvalue weighted by atomic mass is 9.69. The second-order valence-electron chi connectivity index (χ2n) is 14.3. The first-order chi connectivity index (χ1) is 24.4.